The third-order valence-electron chi connectivity index (χ3n) is 3.94. The van der Waals surface area contributed by atoms with Crippen molar-refractivity contribution in [2.45, 2.75) is 59.5 Å². The Hall–Kier alpha value is -1.26. The molecule has 0 aromatic carbocycles. The lowest BCUT2D eigenvalue weighted by atomic mass is 9.98. The molecule has 0 bridgehead atoms. The first-order valence-corrected chi connectivity index (χ1v) is 9.93. The van der Waals surface area contributed by atoms with Gasteiger partial charge in [0.1, 0.15) is 5.60 Å². The summed E-state index contributed by atoms with van der Waals surface area (Å²) in [5.41, 5.74) is -0.496. The second-order valence-electron chi connectivity index (χ2n) is 7.56. The van der Waals surface area contributed by atoms with Gasteiger partial charge in [-0.15, -0.1) is 24.0 Å². The lowest BCUT2D eigenvalue weighted by Crippen LogP contribution is -2.48. The molecule has 28 heavy (non-hydrogen) atoms. The van der Waals surface area contributed by atoms with E-state index in [9.17, 15) is 9.59 Å². The zero-order valence-electron chi connectivity index (χ0n) is 17.9. The summed E-state index contributed by atoms with van der Waals surface area (Å²) >= 11 is 0. The Morgan fingerprint density at radius 1 is 1.21 bits per heavy atom. The van der Waals surface area contributed by atoms with Crippen LogP contribution in [0.3, 0.4) is 0 Å². The molecule has 0 aromatic rings. The Morgan fingerprint density at radius 3 is 2.54 bits per heavy atom. The summed E-state index contributed by atoms with van der Waals surface area (Å²) in [7, 11) is 0. The van der Waals surface area contributed by atoms with Crippen LogP contribution in [0.1, 0.15) is 53.9 Å². The molecule has 1 fully saturated rings. The number of halogens is 1. The van der Waals surface area contributed by atoms with Crippen LogP contribution in [0.5, 0.6) is 0 Å². The zero-order chi connectivity index (χ0) is 20.3. The van der Waals surface area contributed by atoms with Gasteiger partial charge in [-0.1, -0.05) is 0 Å². The van der Waals surface area contributed by atoms with Gasteiger partial charge in [-0.3, -0.25) is 9.79 Å². The van der Waals surface area contributed by atoms with Gasteiger partial charge >= 0.3 is 12.1 Å². The number of nitrogens with zero attached hydrogens (tertiary/aromatic N) is 2. The Balaban J connectivity index is 0.00000729. The third kappa shape index (κ3) is 10.9. The molecule has 1 unspecified atom stereocenters. The number of nitrogens with one attached hydrogen (secondary N) is 2. The zero-order valence-corrected chi connectivity index (χ0v) is 20.2. The van der Waals surface area contributed by atoms with E-state index in [0.717, 1.165) is 31.9 Å². The van der Waals surface area contributed by atoms with Crippen LogP contribution in [0.15, 0.2) is 4.99 Å². The van der Waals surface area contributed by atoms with Crippen molar-refractivity contribution in [2.75, 3.05) is 39.3 Å². The van der Waals surface area contributed by atoms with E-state index in [1.165, 1.54) is 0 Å². The number of esters is 1. The van der Waals surface area contributed by atoms with E-state index in [0.29, 0.717) is 32.7 Å². The van der Waals surface area contributed by atoms with Crippen molar-refractivity contribution in [2.24, 2.45) is 10.9 Å². The van der Waals surface area contributed by atoms with Crippen LogP contribution in [0.25, 0.3) is 0 Å². The number of ether oxygens (including phenoxy) is 2. The van der Waals surface area contributed by atoms with E-state index in [1.54, 1.807) is 0 Å². The number of hydrogen-bond acceptors (Lipinski definition) is 5. The summed E-state index contributed by atoms with van der Waals surface area (Å²) in [6.07, 6.45) is 2.10. The predicted octanol–water partition coefficient (Wildman–Crippen LogP) is 2.76. The summed E-state index contributed by atoms with van der Waals surface area (Å²) in [6.45, 7) is 13.1. The molecule has 0 saturated carbocycles. The molecule has 164 valence electrons. The minimum atomic E-state index is -0.496. The normalized spacial score (nSPS) is 17.4. The van der Waals surface area contributed by atoms with E-state index in [4.69, 9.17) is 9.47 Å². The lowest BCUT2D eigenvalue weighted by Gasteiger charge is -2.34. The number of guanidine groups is 1. The molecule has 1 aliphatic heterocycles. The van der Waals surface area contributed by atoms with Crippen molar-refractivity contribution >= 4 is 42.0 Å². The summed E-state index contributed by atoms with van der Waals surface area (Å²) < 4.78 is 10.4. The first-order valence-electron chi connectivity index (χ1n) is 9.93. The van der Waals surface area contributed by atoms with Crippen LogP contribution < -0.4 is 10.6 Å². The van der Waals surface area contributed by atoms with Gasteiger partial charge in [-0.05, 0) is 53.9 Å². The van der Waals surface area contributed by atoms with Gasteiger partial charge in [0.25, 0.3) is 0 Å². The largest absolute Gasteiger partial charge is 0.466 e. The number of hydrogen-bond donors (Lipinski definition) is 2. The molecule has 0 aliphatic carbocycles. The SMILES string of the molecule is CCNC(=NCCCNC(=O)OC(C)(C)C)N1CCCC(C(=O)OCC)C1.I. The number of carbonyl (C=O) groups is 2. The van der Waals surface area contributed by atoms with Gasteiger partial charge in [0.2, 0.25) is 0 Å². The van der Waals surface area contributed by atoms with Crippen LogP contribution in [0.4, 0.5) is 4.79 Å². The molecular weight excluding hydrogens is 475 g/mol. The molecule has 8 nitrogen and oxygen atoms in total. The fourth-order valence-electron chi connectivity index (χ4n) is 2.82. The monoisotopic (exact) mass is 512 g/mol. The van der Waals surface area contributed by atoms with Crippen LogP contribution in [-0.4, -0.2) is 67.9 Å². The number of alkyl carbamates (subject to hydrolysis) is 1. The molecule has 1 aliphatic rings. The molecule has 1 amide bonds. The van der Waals surface area contributed by atoms with E-state index in [1.807, 2.05) is 34.6 Å². The van der Waals surface area contributed by atoms with E-state index in [-0.39, 0.29) is 35.9 Å². The number of piperidine rings is 1. The molecule has 1 heterocycles. The highest BCUT2D eigenvalue weighted by Gasteiger charge is 2.28. The average molecular weight is 512 g/mol. The second-order valence-corrected chi connectivity index (χ2v) is 7.56. The Morgan fingerprint density at radius 2 is 1.93 bits per heavy atom. The molecule has 0 aromatic heterocycles. The first kappa shape index (κ1) is 26.7. The van der Waals surface area contributed by atoms with E-state index < -0.39 is 11.7 Å². The second kappa shape index (κ2) is 13.8. The molecule has 0 radical (unpaired) electrons. The van der Waals surface area contributed by atoms with Gasteiger partial charge in [-0.25, -0.2) is 4.79 Å². The molecule has 0 spiro atoms. The van der Waals surface area contributed by atoms with Gasteiger partial charge < -0.3 is 25.0 Å². The summed E-state index contributed by atoms with van der Waals surface area (Å²) in [5, 5.41) is 6.02. The predicted molar refractivity (Wildman–Crippen MR) is 121 cm³/mol. The highest BCUT2D eigenvalue weighted by Crippen LogP contribution is 2.18. The van der Waals surface area contributed by atoms with Crippen LogP contribution in [0.2, 0.25) is 0 Å². The van der Waals surface area contributed by atoms with Gasteiger partial charge in [0, 0.05) is 32.7 Å². The Kier molecular flexibility index (Phi) is 13.2. The fraction of sp³-hybridized carbons (Fsp3) is 0.842. The van der Waals surface area contributed by atoms with E-state index >= 15 is 0 Å². The van der Waals surface area contributed by atoms with Crippen molar-refractivity contribution in [1.82, 2.24) is 15.5 Å². The van der Waals surface area contributed by atoms with Crippen LogP contribution in [-0.2, 0) is 14.3 Å². The topological polar surface area (TPSA) is 92.3 Å². The lowest BCUT2D eigenvalue weighted by molar-refractivity contribution is -0.149. The number of carbonyl (C=O) groups excluding carboxylic acids is 2. The fourth-order valence-corrected chi connectivity index (χ4v) is 2.82. The first-order chi connectivity index (χ1) is 12.8. The smallest absolute Gasteiger partial charge is 0.407 e. The number of rotatable bonds is 7. The van der Waals surface area contributed by atoms with Gasteiger partial charge in [0.15, 0.2) is 5.96 Å². The van der Waals surface area contributed by atoms with Gasteiger partial charge in [0.05, 0.1) is 12.5 Å². The average Bonchev–Trinajstić information content (AvgIpc) is 2.59. The van der Waals surface area contributed by atoms with Crippen molar-refractivity contribution in [3.05, 3.63) is 0 Å². The Labute approximate surface area is 186 Å². The quantitative estimate of drug-likeness (QED) is 0.179. The van der Waals surface area contributed by atoms with Crippen molar-refractivity contribution in [3.63, 3.8) is 0 Å². The maximum absolute atomic E-state index is 12.0. The molecule has 1 saturated heterocycles. The van der Waals surface area contributed by atoms with Crippen molar-refractivity contribution in [1.29, 1.82) is 0 Å². The molecule has 1 rings (SSSR count). The van der Waals surface area contributed by atoms with Crippen LogP contribution >= 0.6 is 24.0 Å². The standard InChI is InChI=1S/C19H36N4O4.HI/c1-6-20-17(21-11-9-12-22-18(25)27-19(3,4)5)23-13-8-10-15(14-23)16(24)26-7-2;/h15H,6-14H2,1-5H3,(H,20,21)(H,22,25);1H. The highest BCUT2D eigenvalue weighted by molar-refractivity contribution is 14.0. The summed E-state index contributed by atoms with van der Waals surface area (Å²) in [6, 6.07) is 0. The number of amides is 1. The minimum Gasteiger partial charge on any atom is -0.466 e. The van der Waals surface area contributed by atoms with Crippen molar-refractivity contribution in [3.8, 4) is 0 Å². The summed E-state index contributed by atoms with van der Waals surface area (Å²) in [4.78, 5) is 30.4. The third-order valence-corrected chi connectivity index (χ3v) is 3.94. The van der Waals surface area contributed by atoms with Crippen molar-refractivity contribution < 1.29 is 19.1 Å². The molecule has 2 N–H and O–H groups in total. The summed E-state index contributed by atoms with van der Waals surface area (Å²) in [5.74, 6) is 0.583. The van der Waals surface area contributed by atoms with Crippen LogP contribution in [0, 0.1) is 5.92 Å². The van der Waals surface area contributed by atoms with E-state index in [2.05, 4.69) is 20.5 Å². The minimum absolute atomic E-state index is 0. The Bertz CT molecular complexity index is 509. The molecule has 1 atom stereocenters. The highest BCUT2D eigenvalue weighted by atomic mass is 127. The molecule has 9 heteroatoms. The van der Waals surface area contributed by atoms with Gasteiger partial charge in [-0.2, -0.15) is 0 Å². The number of likely N-dealkylation sites (tertiary alicyclic amines) is 1. The maximum atomic E-state index is 12.0. The molecular formula is C19H37IN4O4. The maximum Gasteiger partial charge on any atom is 0.407 e. The number of aliphatic imine (C=N–C) groups is 1.